The first kappa shape index (κ1) is 12.4. The van der Waals surface area contributed by atoms with Gasteiger partial charge in [0.2, 0.25) is 0 Å². The summed E-state index contributed by atoms with van der Waals surface area (Å²) in [4.78, 5) is 0. The summed E-state index contributed by atoms with van der Waals surface area (Å²) in [5, 5.41) is 8.74. The maximum atomic E-state index is 5.82. The van der Waals surface area contributed by atoms with Crippen molar-refractivity contribution >= 4 is 0 Å². The molecule has 1 aromatic heterocycles. The van der Waals surface area contributed by atoms with E-state index in [0.29, 0.717) is 6.54 Å². The third-order valence-corrected chi connectivity index (χ3v) is 4.17. The zero-order valence-corrected chi connectivity index (χ0v) is 11.3. The molecule has 0 aliphatic heterocycles. The molecule has 1 aromatic carbocycles. The average molecular weight is 256 g/mol. The zero-order chi connectivity index (χ0) is 13.3. The van der Waals surface area contributed by atoms with Crippen LogP contribution in [0.5, 0.6) is 0 Å². The van der Waals surface area contributed by atoms with Crippen molar-refractivity contribution in [2.45, 2.75) is 44.6 Å². The van der Waals surface area contributed by atoms with E-state index in [-0.39, 0.29) is 5.41 Å². The molecule has 1 aliphatic rings. The third kappa shape index (κ3) is 2.06. The molecule has 0 atom stereocenters. The van der Waals surface area contributed by atoms with Crippen molar-refractivity contribution in [3.8, 4) is 5.69 Å². The predicted octanol–water partition coefficient (Wildman–Crippen LogP) is 2.56. The lowest BCUT2D eigenvalue weighted by molar-refractivity contribution is 0.449. The van der Waals surface area contributed by atoms with E-state index in [2.05, 4.69) is 33.8 Å². The maximum Gasteiger partial charge on any atom is 0.151 e. The lowest BCUT2D eigenvalue weighted by Gasteiger charge is -2.23. The van der Waals surface area contributed by atoms with Crippen molar-refractivity contribution in [3.05, 3.63) is 42.0 Å². The summed E-state index contributed by atoms with van der Waals surface area (Å²) < 4.78 is 2.14. The fourth-order valence-corrected chi connectivity index (χ4v) is 3.07. The first-order chi connectivity index (χ1) is 9.24. The fourth-order valence-electron chi connectivity index (χ4n) is 3.07. The van der Waals surface area contributed by atoms with Crippen molar-refractivity contribution in [2.75, 3.05) is 0 Å². The fraction of sp³-hybridized carbons (Fsp3) is 0.467. The van der Waals surface area contributed by atoms with Crippen molar-refractivity contribution in [1.29, 1.82) is 0 Å². The molecule has 0 amide bonds. The smallest absolute Gasteiger partial charge is 0.151 e. The molecule has 1 aliphatic carbocycles. The van der Waals surface area contributed by atoms with Crippen LogP contribution >= 0.6 is 0 Å². The summed E-state index contributed by atoms with van der Waals surface area (Å²) >= 11 is 0. The molecular formula is C15H20N4. The first-order valence-electron chi connectivity index (χ1n) is 6.95. The van der Waals surface area contributed by atoms with E-state index in [0.717, 1.165) is 17.3 Å². The molecule has 0 bridgehead atoms. The van der Waals surface area contributed by atoms with Crippen LogP contribution in [0.15, 0.2) is 30.3 Å². The van der Waals surface area contributed by atoms with Crippen molar-refractivity contribution in [2.24, 2.45) is 5.73 Å². The number of para-hydroxylation sites is 1. The molecule has 3 rings (SSSR count). The Morgan fingerprint density at radius 3 is 2.47 bits per heavy atom. The summed E-state index contributed by atoms with van der Waals surface area (Å²) in [5.74, 6) is 1.91. The Balaban J connectivity index is 2.14. The van der Waals surface area contributed by atoms with E-state index >= 15 is 0 Å². The highest BCUT2D eigenvalue weighted by atomic mass is 15.3. The summed E-state index contributed by atoms with van der Waals surface area (Å²) in [5.41, 5.74) is 7.06. The molecule has 4 heteroatoms. The third-order valence-electron chi connectivity index (χ3n) is 4.17. The van der Waals surface area contributed by atoms with Gasteiger partial charge in [-0.1, -0.05) is 38.0 Å². The molecule has 19 heavy (non-hydrogen) atoms. The molecule has 4 nitrogen and oxygen atoms in total. The van der Waals surface area contributed by atoms with Crippen molar-refractivity contribution in [3.63, 3.8) is 0 Å². The molecule has 1 heterocycles. The quantitative estimate of drug-likeness (QED) is 0.918. The minimum absolute atomic E-state index is 0.135. The standard InChI is InChI=1S/C15H20N4/c1-15(9-5-6-10-15)14-18-17-13(11-16)19(14)12-7-3-2-4-8-12/h2-4,7-8H,5-6,9-11,16H2,1H3. The zero-order valence-electron chi connectivity index (χ0n) is 11.3. The van der Waals surface area contributed by atoms with Gasteiger partial charge >= 0.3 is 0 Å². The number of hydrogen-bond donors (Lipinski definition) is 1. The van der Waals surface area contributed by atoms with Gasteiger partial charge in [-0.25, -0.2) is 0 Å². The maximum absolute atomic E-state index is 5.82. The Morgan fingerprint density at radius 2 is 1.84 bits per heavy atom. The minimum Gasteiger partial charge on any atom is -0.324 e. The predicted molar refractivity (Wildman–Crippen MR) is 75.1 cm³/mol. The van der Waals surface area contributed by atoms with Gasteiger partial charge in [0.1, 0.15) is 5.82 Å². The Kier molecular flexibility index (Phi) is 3.11. The summed E-state index contributed by atoms with van der Waals surface area (Å²) in [6.07, 6.45) is 4.91. The number of aromatic nitrogens is 3. The highest BCUT2D eigenvalue weighted by Crippen LogP contribution is 2.40. The molecular weight excluding hydrogens is 236 g/mol. The Morgan fingerprint density at radius 1 is 1.16 bits per heavy atom. The largest absolute Gasteiger partial charge is 0.324 e. The van der Waals surface area contributed by atoms with Gasteiger partial charge in [-0.2, -0.15) is 0 Å². The first-order valence-corrected chi connectivity index (χ1v) is 6.95. The highest BCUT2D eigenvalue weighted by molar-refractivity contribution is 5.35. The summed E-state index contributed by atoms with van der Waals surface area (Å²) in [7, 11) is 0. The van der Waals surface area contributed by atoms with Crippen LogP contribution in [0.1, 0.15) is 44.3 Å². The monoisotopic (exact) mass is 256 g/mol. The molecule has 0 spiro atoms. The second kappa shape index (κ2) is 4.78. The Hall–Kier alpha value is -1.68. The molecule has 1 fully saturated rings. The van der Waals surface area contributed by atoms with Crippen LogP contribution in [-0.2, 0) is 12.0 Å². The number of hydrogen-bond acceptors (Lipinski definition) is 3. The van der Waals surface area contributed by atoms with Gasteiger partial charge in [0.25, 0.3) is 0 Å². The van der Waals surface area contributed by atoms with Crippen LogP contribution in [0.3, 0.4) is 0 Å². The van der Waals surface area contributed by atoms with Crippen molar-refractivity contribution in [1.82, 2.24) is 14.8 Å². The average Bonchev–Trinajstić information content (AvgIpc) is 3.06. The molecule has 2 aromatic rings. The van der Waals surface area contributed by atoms with E-state index in [9.17, 15) is 0 Å². The van der Waals surface area contributed by atoms with Crippen LogP contribution in [0.4, 0.5) is 0 Å². The minimum atomic E-state index is 0.135. The summed E-state index contributed by atoms with van der Waals surface area (Å²) in [6, 6.07) is 10.3. The van der Waals surface area contributed by atoms with Gasteiger partial charge < -0.3 is 5.73 Å². The molecule has 2 N–H and O–H groups in total. The van der Waals surface area contributed by atoms with Crippen LogP contribution in [-0.4, -0.2) is 14.8 Å². The SMILES string of the molecule is CC1(c2nnc(CN)n2-c2ccccc2)CCCC1. The van der Waals surface area contributed by atoms with Crippen molar-refractivity contribution < 1.29 is 0 Å². The second-order valence-electron chi connectivity index (χ2n) is 5.58. The van der Waals surface area contributed by atoms with Gasteiger partial charge in [-0.15, -0.1) is 10.2 Å². The van der Waals surface area contributed by atoms with E-state index in [1.807, 2.05) is 18.2 Å². The van der Waals surface area contributed by atoms with Crippen LogP contribution in [0, 0.1) is 0 Å². The Labute approximate surface area is 113 Å². The van der Waals surface area contributed by atoms with Crippen LogP contribution in [0.25, 0.3) is 5.69 Å². The lowest BCUT2D eigenvalue weighted by Crippen LogP contribution is -2.23. The van der Waals surface area contributed by atoms with Gasteiger partial charge in [0, 0.05) is 11.1 Å². The number of nitrogens with zero attached hydrogens (tertiary/aromatic N) is 3. The summed E-state index contributed by atoms with van der Waals surface area (Å²) in [6.45, 7) is 2.71. The topological polar surface area (TPSA) is 56.7 Å². The number of rotatable bonds is 3. The molecule has 0 unspecified atom stereocenters. The van der Waals surface area contributed by atoms with E-state index < -0.39 is 0 Å². The molecule has 0 saturated heterocycles. The highest BCUT2D eigenvalue weighted by Gasteiger charge is 2.36. The number of nitrogens with two attached hydrogens (primary N) is 1. The van der Waals surface area contributed by atoms with Crippen LogP contribution in [0.2, 0.25) is 0 Å². The van der Waals surface area contributed by atoms with Gasteiger partial charge in [-0.05, 0) is 25.0 Å². The number of benzene rings is 1. The normalized spacial score (nSPS) is 17.8. The van der Waals surface area contributed by atoms with E-state index in [1.54, 1.807) is 0 Å². The second-order valence-corrected chi connectivity index (χ2v) is 5.58. The van der Waals surface area contributed by atoms with Gasteiger partial charge in [0.15, 0.2) is 5.82 Å². The molecule has 0 radical (unpaired) electrons. The van der Waals surface area contributed by atoms with Crippen LogP contribution < -0.4 is 5.73 Å². The van der Waals surface area contributed by atoms with Gasteiger partial charge in [0.05, 0.1) is 6.54 Å². The molecule has 1 saturated carbocycles. The van der Waals surface area contributed by atoms with E-state index in [1.165, 1.54) is 25.7 Å². The lowest BCUT2D eigenvalue weighted by atomic mass is 9.87. The van der Waals surface area contributed by atoms with E-state index in [4.69, 9.17) is 5.73 Å². The molecule has 100 valence electrons. The van der Waals surface area contributed by atoms with Gasteiger partial charge in [-0.3, -0.25) is 4.57 Å². The Bertz CT molecular complexity index is 553.